The van der Waals surface area contributed by atoms with E-state index in [0.29, 0.717) is 11.3 Å². The van der Waals surface area contributed by atoms with Gasteiger partial charge in [0, 0.05) is 12.0 Å². The smallest absolute Gasteiger partial charge is 0.338 e. The average molecular weight is 469 g/mol. The van der Waals surface area contributed by atoms with E-state index in [1.54, 1.807) is 31.2 Å². The lowest BCUT2D eigenvalue weighted by Crippen LogP contribution is -2.52. The molecular weight excluding hydrogens is 432 g/mol. The minimum absolute atomic E-state index is 0.0183. The predicted octanol–water partition coefficient (Wildman–Crippen LogP) is 4.63. The van der Waals surface area contributed by atoms with Crippen LogP contribution in [-0.4, -0.2) is 47.3 Å². The van der Waals surface area contributed by atoms with Crippen LogP contribution in [0.2, 0.25) is 0 Å². The first kappa shape index (κ1) is 24.4. The fourth-order valence-electron chi connectivity index (χ4n) is 5.75. The number of rotatable bonds is 6. The number of amides is 3. The third kappa shape index (κ3) is 5.18. The highest BCUT2D eigenvalue weighted by atomic mass is 16.5. The summed E-state index contributed by atoms with van der Waals surface area (Å²) in [5.74, 6) is -1.05. The van der Waals surface area contributed by atoms with Crippen LogP contribution in [0, 0.1) is 5.92 Å². The molecule has 0 radical (unpaired) electrons. The molecule has 3 aliphatic rings. The van der Waals surface area contributed by atoms with Gasteiger partial charge in [0.05, 0.1) is 24.3 Å². The van der Waals surface area contributed by atoms with Crippen LogP contribution in [-0.2, 0) is 19.1 Å². The van der Waals surface area contributed by atoms with Gasteiger partial charge in [-0.15, -0.1) is 0 Å². The number of anilines is 1. The number of hydrogen-bond donors (Lipinski definition) is 0. The normalized spacial score (nSPS) is 22.5. The van der Waals surface area contributed by atoms with Gasteiger partial charge in [-0.1, -0.05) is 44.9 Å². The number of hydrogen-bond acceptors (Lipinski definition) is 5. The fourth-order valence-corrected chi connectivity index (χ4v) is 5.75. The molecule has 3 amide bonds. The number of carbonyl (C=O) groups excluding carboxylic acids is 4. The van der Waals surface area contributed by atoms with Crippen LogP contribution in [0.5, 0.6) is 0 Å². The molecule has 1 aromatic rings. The van der Waals surface area contributed by atoms with Gasteiger partial charge >= 0.3 is 5.97 Å². The summed E-state index contributed by atoms with van der Waals surface area (Å²) in [4.78, 5) is 55.4. The first-order chi connectivity index (χ1) is 16.5. The monoisotopic (exact) mass is 468 g/mol. The Bertz CT molecular complexity index is 898. The van der Waals surface area contributed by atoms with Crippen LogP contribution in [0.1, 0.15) is 94.3 Å². The third-order valence-electron chi connectivity index (χ3n) is 7.52. The van der Waals surface area contributed by atoms with Crippen molar-refractivity contribution < 1.29 is 23.9 Å². The van der Waals surface area contributed by atoms with Crippen LogP contribution in [0.4, 0.5) is 5.69 Å². The molecule has 1 aliphatic heterocycles. The number of carbonyl (C=O) groups is 4. The van der Waals surface area contributed by atoms with E-state index in [1.807, 2.05) is 4.90 Å². The van der Waals surface area contributed by atoms with Crippen molar-refractivity contribution in [2.75, 3.05) is 11.5 Å². The first-order valence-electron chi connectivity index (χ1n) is 13.0. The SMILES string of the molecule is CCOC(=O)c1ccc(N2C(=O)CC(N(C(=O)C3CCCCC3)C3CCCCCC3)C2=O)cc1. The summed E-state index contributed by atoms with van der Waals surface area (Å²) in [7, 11) is 0. The van der Waals surface area contributed by atoms with Crippen molar-refractivity contribution in [3.63, 3.8) is 0 Å². The van der Waals surface area contributed by atoms with E-state index in [-0.39, 0.29) is 42.7 Å². The van der Waals surface area contributed by atoms with Gasteiger partial charge in [0.1, 0.15) is 6.04 Å². The molecule has 0 bridgehead atoms. The lowest BCUT2D eigenvalue weighted by molar-refractivity contribution is -0.146. The molecule has 0 N–H and O–H groups in total. The summed E-state index contributed by atoms with van der Waals surface area (Å²) in [5.41, 5.74) is 0.797. The molecule has 1 atom stereocenters. The highest BCUT2D eigenvalue weighted by Gasteiger charge is 2.47. The average Bonchev–Trinajstić information content (AvgIpc) is 3.01. The second-order valence-electron chi connectivity index (χ2n) is 9.78. The van der Waals surface area contributed by atoms with Gasteiger partial charge < -0.3 is 9.64 Å². The molecule has 4 rings (SSSR count). The van der Waals surface area contributed by atoms with E-state index in [9.17, 15) is 19.2 Å². The van der Waals surface area contributed by atoms with Gasteiger partial charge in [0.2, 0.25) is 11.8 Å². The maximum Gasteiger partial charge on any atom is 0.338 e. The topological polar surface area (TPSA) is 84.0 Å². The van der Waals surface area contributed by atoms with E-state index in [1.165, 1.54) is 4.90 Å². The van der Waals surface area contributed by atoms with Crippen molar-refractivity contribution in [3.8, 4) is 0 Å². The Morgan fingerprint density at radius 2 is 1.50 bits per heavy atom. The maximum absolute atomic E-state index is 13.8. The van der Waals surface area contributed by atoms with Gasteiger partial charge in [-0.3, -0.25) is 14.4 Å². The Hall–Kier alpha value is -2.70. The van der Waals surface area contributed by atoms with Gasteiger partial charge in [-0.05, 0) is 56.9 Å². The third-order valence-corrected chi connectivity index (χ3v) is 7.52. The van der Waals surface area contributed by atoms with Crippen LogP contribution >= 0.6 is 0 Å². The quantitative estimate of drug-likeness (QED) is 0.345. The number of ether oxygens (including phenoxy) is 1. The van der Waals surface area contributed by atoms with E-state index in [4.69, 9.17) is 4.74 Å². The van der Waals surface area contributed by atoms with Gasteiger partial charge in [-0.2, -0.15) is 0 Å². The minimum atomic E-state index is -0.741. The summed E-state index contributed by atoms with van der Waals surface area (Å²) < 4.78 is 5.01. The zero-order chi connectivity index (χ0) is 24.1. The maximum atomic E-state index is 13.8. The van der Waals surface area contributed by atoms with Crippen LogP contribution in [0.3, 0.4) is 0 Å². The van der Waals surface area contributed by atoms with Crippen molar-refractivity contribution >= 4 is 29.4 Å². The van der Waals surface area contributed by atoms with Gasteiger partial charge in [0.15, 0.2) is 0 Å². The van der Waals surface area contributed by atoms with Crippen molar-refractivity contribution in [1.82, 2.24) is 4.90 Å². The summed E-state index contributed by atoms with van der Waals surface area (Å²) in [5, 5.41) is 0. The first-order valence-corrected chi connectivity index (χ1v) is 13.0. The Kier molecular flexibility index (Phi) is 8.01. The van der Waals surface area contributed by atoms with Crippen LogP contribution in [0.25, 0.3) is 0 Å². The molecule has 184 valence electrons. The predicted molar refractivity (Wildman–Crippen MR) is 128 cm³/mol. The van der Waals surface area contributed by atoms with Gasteiger partial charge in [-0.25, -0.2) is 9.69 Å². The summed E-state index contributed by atoms with van der Waals surface area (Å²) >= 11 is 0. The lowest BCUT2D eigenvalue weighted by Gasteiger charge is -2.38. The molecule has 1 unspecified atom stereocenters. The Labute approximate surface area is 201 Å². The van der Waals surface area contributed by atoms with E-state index >= 15 is 0 Å². The molecule has 7 nitrogen and oxygen atoms in total. The zero-order valence-electron chi connectivity index (χ0n) is 20.2. The molecule has 1 saturated heterocycles. The second-order valence-corrected chi connectivity index (χ2v) is 9.78. The largest absolute Gasteiger partial charge is 0.462 e. The van der Waals surface area contributed by atoms with Crippen LogP contribution in [0.15, 0.2) is 24.3 Å². The highest BCUT2D eigenvalue weighted by molar-refractivity contribution is 6.23. The van der Waals surface area contributed by atoms with E-state index < -0.39 is 12.0 Å². The second kappa shape index (κ2) is 11.2. The Morgan fingerprint density at radius 1 is 0.912 bits per heavy atom. The molecule has 34 heavy (non-hydrogen) atoms. The number of esters is 1. The molecule has 7 heteroatoms. The number of nitrogens with zero attached hydrogens (tertiary/aromatic N) is 2. The zero-order valence-corrected chi connectivity index (χ0v) is 20.2. The van der Waals surface area contributed by atoms with E-state index in [0.717, 1.165) is 70.6 Å². The van der Waals surface area contributed by atoms with Crippen LogP contribution < -0.4 is 4.90 Å². The summed E-state index contributed by atoms with van der Waals surface area (Å²) in [6.45, 7) is 2.01. The summed E-state index contributed by atoms with van der Waals surface area (Å²) in [6, 6.07) is 5.61. The molecule has 0 spiro atoms. The molecule has 3 fully saturated rings. The molecule has 1 heterocycles. The lowest BCUT2D eigenvalue weighted by atomic mass is 9.87. The molecule has 2 saturated carbocycles. The standard InChI is InChI=1S/C27H36N2O5/c1-2-34-27(33)20-14-16-22(17-15-20)29-24(30)18-23(26(29)32)28(21-12-8-3-4-9-13-21)25(31)19-10-6-5-7-11-19/h14-17,19,21,23H,2-13,18H2,1H3. The minimum Gasteiger partial charge on any atom is -0.462 e. The van der Waals surface area contributed by atoms with E-state index in [2.05, 4.69) is 0 Å². The molecule has 0 aromatic heterocycles. The van der Waals surface area contributed by atoms with Crippen molar-refractivity contribution in [2.24, 2.45) is 5.92 Å². The summed E-state index contributed by atoms with van der Waals surface area (Å²) in [6.07, 6.45) is 11.2. The number of imide groups is 1. The van der Waals surface area contributed by atoms with Crippen molar-refractivity contribution in [2.45, 2.75) is 96.1 Å². The number of benzene rings is 1. The molecule has 2 aliphatic carbocycles. The fraction of sp³-hybridized carbons (Fsp3) is 0.630. The van der Waals surface area contributed by atoms with Crippen molar-refractivity contribution in [3.05, 3.63) is 29.8 Å². The van der Waals surface area contributed by atoms with Crippen molar-refractivity contribution in [1.29, 1.82) is 0 Å². The molecular formula is C27H36N2O5. The Morgan fingerprint density at radius 3 is 2.12 bits per heavy atom. The Balaban J connectivity index is 1.58. The van der Waals surface area contributed by atoms with Gasteiger partial charge in [0.25, 0.3) is 5.91 Å². The molecule has 1 aromatic carbocycles. The highest BCUT2D eigenvalue weighted by Crippen LogP contribution is 2.34.